The minimum absolute atomic E-state index is 0.0364. The molecule has 0 saturated carbocycles. The molecule has 0 saturated heterocycles. The number of benzene rings is 2. The lowest BCUT2D eigenvalue weighted by Gasteiger charge is -2.08. The Bertz CT molecular complexity index is 670. The van der Waals surface area contributed by atoms with Crippen molar-refractivity contribution >= 4 is 17.5 Å². The lowest BCUT2D eigenvalue weighted by atomic mass is 9.95. The molecule has 112 valence electrons. The Morgan fingerprint density at radius 2 is 1.27 bits per heavy atom. The summed E-state index contributed by atoms with van der Waals surface area (Å²) in [6.45, 7) is 1.46. The fourth-order valence-corrected chi connectivity index (χ4v) is 2.39. The van der Waals surface area contributed by atoms with Gasteiger partial charge in [-0.05, 0) is 24.1 Å². The molecule has 0 aromatic heterocycles. The molecule has 2 aromatic carbocycles. The SMILES string of the molecule is CC(=O)c1ccccc1CC(=O)Cc1ccccc1C(=O)O. The molecule has 0 unspecified atom stereocenters. The topological polar surface area (TPSA) is 71.4 Å². The van der Waals surface area contributed by atoms with Crippen molar-refractivity contribution in [3.8, 4) is 0 Å². The van der Waals surface area contributed by atoms with Crippen molar-refractivity contribution in [3.05, 3.63) is 70.8 Å². The molecule has 0 amide bonds. The first kappa shape index (κ1) is 15.6. The summed E-state index contributed by atoms with van der Waals surface area (Å²) in [4.78, 5) is 34.9. The van der Waals surface area contributed by atoms with Crippen molar-refractivity contribution < 1.29 is 19.5 Å². The van der Waals surface area contributed by atoms with Crippen molar-refractivity contribution in [2.24, 2.45) is 0 Å². The quantitative estimate of drug-likeness (QED) is 0.832. The number of carboxylic acid groups (broad SMARTS) is 1. The fraction of sp³-hybridized carbons (Fsp3) is 0.167. The number of carbonyl (C=O) groups is 3. The third kappa shape index (κ3) is 3.67. The number of carboxylic acids is 1. The van der Waals surface area contributed by atoms with Gasteiger partial charge in [0.2, 0.25) is 0 Å². The van der Waals surface area contributed by atoms with Gasteiger partial charge in [0, 0.05) is 18.4 Å². The summed E-state index contributed by atoms with van der Waals surface area (Å²) < 4.78 is 0. The minimum atomic E-state index is -1.05. The standard InChI is InChI=1S/C18H16O4/c1-12(19)16-8-4-2-6-13(16)10-15(20)11-14-7-3-5-9-17(14)18(21)22/h2-9H,10-11H2,1H3,(H,21,22). The Morgan fingerprint density at radius 1 is 0.818 bits per heavy atom. The van der Waals surface area contributed by atoms with Crippen LogP contribution in [-0.4, -0.2) is 22.6 Å². The van der Waals surface area contributed by atoms with Crippen molar-refractivity contribution in [2.45, 2.75) is 19.8 Å². The molecular formula is C18H16O4. The average molecular weight is 296 g/mol. The van der Waals surface area contributed by atoms with Gasteiger partial charge in [-0.3, -0.25) is 9.59 Å². The van der Waals surface area contributed by atoms with E-state index in [1.807, 2.05) is 0 Å². The smallest absolute Gasteiger partial charge is 0.335 e. The van der Waals surface area contributed by atoms with Gasteiger partial charge in [-0.25, -0.2) is 4.79 Å². The van der Waals surface area contributed by atoms with Crippen LogP contribution in [0.15, 0.2) is 48.5 Å². The summed E-state index contributed by atoms with van der Waals surface area (Å²) in [6.07, 6.45) is 0.151. The van der Waals surface area contributed by atoms with Crippen LogP contribution >= 0.6 is 0 Å². The van der Waals surface area contributed by atoms with Crippen LogP contribution in [0.4, 0.5) is 0 Å². The number of Topliss-reactive ketones (excluding diaryl/α,β-unsaturated/α-hetero) is 2. The zero-order chi connectivity index (χ0) is 16.1. The molecular weight excluding hydrogens is 280 g/mol. The maximum atomic E-state index is 12.2. The maximum Gasteiger partial charge on any atom is 0.335 e. The molecule has 0 aliphatic carbocycles. The van der Waals surface area contributed by atoms with Gasteiger partial charge >= 0.3 is 5.97 Å². The van der Waals surface area contributed by atoms with Crippen LogP contribution in [0.2, 0.25) is 0 Å². The molecule has 2 aromatic rings. The zero-order valence-electron chi connectivity index (χ0n) is 12.2. The highest BCUT2D eigenvalue weighted by Crippen LogP contribution is 2.14. The van der Waals surface area contributed by atoms with E-state index in [0.29, 0.717) is 16.7 Å². The molecule has 0 fully saturated rings. The lowest BCUT2D eigenvalue weighted by molar-refractivity contribution is -0.117. The molecule has 0 atom stereocenters. The summed E-state index contributed by atoms with van der Waals surface area (Å²) in [5, 5.41) is 9.13. The highest BCUT2D eigenvalue weighted by Gasteiger charge is 2.15. The second kappa shape index (κ2) is 6.80. The molecule has 0 spiro atoms. The van der Waals surface area contributed by atoms with Crippen molar-refractivity contribution in [1.29, 1.82) is 0 Å². The first-order valence-corrected chi connectivity index (χ1v) is 6.90. The van der Waals surface area contributed by atoms with E-state index in [-0.39, 0.29) is 30.0 Å². The predicted molar refractivity (Wildman–Crippen MR) is 82.3 cm³/mol. The third-order valence-electron chi connectivity index (χ3n) is 3.42. The monoisotopic (exact) mass is 296 g/mol. The Balaban J connectivity index is 2.18. The van der Waals surface area contributed by atoms with E-state index < -0.39 is 5.97 Å². The van der Waals surface area contributed by atoms with Gasteiger partial charge in [0.15, 0.2) is 5.78 Å². The first-order valence-electron chi connectivity index (χ1n) is 6.90. The molecule has 22 heavy (non-hydrogen) atoms. The van der Waals surface area contributed by atoms with Crippen LogP contribution in [0, 0.1) is 0 Å². The zero-order valence-corrected chi connectivity index (χ0v) is 12.2. The minimum Gasteiger partial charge on any atom is -0.478 e. The van der Waals surface area contributed by atoms with Crippen LogP contribution < -0.4 is 0 Å². The van der Waals surface area contributed by atoms with Gasteiger partial charge in [0.25, 0.3) is 0 Å². The molecule has 0 radical (unpaired) electrons. The maximum absolute atomic E-state index is 12.2. The third-order valence-corrected chi connectivity index (χ3v) is 3.42. The summed E-state index contributed by atoms with van der Waals surface area (Å²) in [7, 11) is 0. The summed E-state index contributed by atoms with van der Waals surface area (Å²) in [6, 6.07) is 13.4. The Kier molecular flexibility index (Phi) is 4.84. The highest BCUT2D eigenvalue weighted by atomic mass is 16.4. The van der Waals surface area contributed by atoms with Gasteiger partial charge in [-0.15, -0.1) is 0 Å². The number of rotatable bonds is 6. The normalized spacial score (nSPS) is 10.2. The van der Waals surface area contributed by atoms with Crippen LogP contribution in [0.5, 0.6) is 0 Å². The Hall–Kier alpha value is -2.75. The van der Waals surface area contributed by atoms with Crippen molar-refractivity contribution in [1.82, 2.24) is 0 Å². The van der Waals surface area contributed by atoms with Gasteiger partial charge in [-0.1, -0.05) is 42.5 Å². The molecule has 0 bridgehead atoms. The molecule has 0 aliphatic rings. The van der Waals surface area contributed by atoms with E-state index in [0.717, 1.165) is 0 Å². The molecule has 0 aliphatic heterocycles. The van der Waals surface area contributed by atoms with E-state index in [1.54, 1.807) is 42.5 Å². The number of aromatic carboxylic acids is 1. The molecule has 0 heterocycles. The first-order chi connectivity index (χ1) is 10.5. The van der Waals surface area contributed by atoms with E-state index in [9.17, 15) is 14.4 Å². The summed E-state index contributed by atoms with van der Waals surface area (Å²) in [5.41, 5.74) is 1.83. The second-order valence-electron chi connectivity index (χ2n) is 5.07. The van der Waals surface area contributed by atoms with Crippen molar-refractivity contribution in [3.63, 3.8) is 0 Å². The van der Waals surface area contributed by atoms with Crippen LogP contribution in [0.3, 0.4) is 0 Å². The Labute approximate surface area is 128 Å². The van der Waals surface area contributed by atoms with Gasteiger partial charge in [-0.2, -0.15) is 0 Å². The van der Waals surface area contributed by atoms with E-state index in [2.05, 4.69) is 0 Å². The average Bonchev–Trinajstić information content (AvgIpc) is 2.47. The van der Waals surface area contributed by atoms with Gasteiger partial charge < -0.3 is 5.11 Å². The van der Waals surface area contributed by atoms with Crippen LogP contribution in [0.25, 0.3) is 0 Å². The lowest BCUT2D eigenvalue weighted by Crippen LogP contribution is -2.12. The number of hydrogen-bond donors (Lipinski definition) is 1. The largest absolute Gasteiger partial charge is 0.478 e. The number of hydrogen-bond acceptors (Lipinski definition) is 3. The van der Waals surface area contributed by atoms with Crippen molar-refractivity contribution in [2.75, 3.05) is 0 Å². The van der Waals surface area contributed by atoms with Crippen LogP contribution in [0.1, 0.15) is 38.8 Å². The summed E-state index contributed by atoms with van der Waals surface area (Å²) >= 11 is 0. The summed E-state index contributed by atoms with van der Waals surface area (Å²) in [5.74, 6) is -1.26. The van der Waals surface area contributed by atoms with E-state index >= 15 is 0 Å². The fourth-order valence-electron chi connectivity index (χ4n) is 2.39. The number of carbonyl (C=O) groups excluding carboxylic acids is 2. The molecule has 4 nitrogen and oxygen atoms in total. The predicted octanol–water partition coefficient (Wildman–Crippen LogP) is 2.94. The Morgan fingerprint density at radius 3 is 1.77 bits per heavy atom. The molecule has 2 rings (SSSR count). The second-order valence-corrected chi connectivity index (χ2v) is 5.07. The van der Waals surface area contributed by atoms with Crippen LogP contribution in [-0.2, 0) is 17.6 Å². The molecule has 1 N–H and O–H groups in total. The molecule has 4 heteroatoms. The van der Waals surface area contributed by atoms with Gasteiger partial charge in [0.1, 0.15) is 5.78 Å². The van der Waals surface area contributed by atoms with E-state index in [1.165, 1.54) is 13.0 Å². The van der Waals surface area contributed by atoms with Gasteiger partial charge in [0.05, 0.1) is 5.56 Å². The highest BCUT2D eigenvalue weighted by molar-refractivity contribution is 5.97. The number of ketones is 2. The van der Waals surface area contributed by atoms with E-state index in [4.69, 9.17) is 5.11 Å².